The zero-order valence-electron chi connectivity index (χ0n) is 13.7. The molecule has 24 heavy (non-hydrogen) atoms. The molecule has 0 bridgehead atoms. The van der Waals surface area contributed by atoms with Crippen LogP contribution in [0, 0.1) is 12.8 Å². The number of ketones is 1. The number of thiophene rings is 2. The Morgan fingerprint density at radius 3 is 2.96 bits per heavy atom. The molecule has 0 amide bonds. The van der Waals surface area contributed by atoms with Gasteiger partial charge in [-0.1, -0.05) is 6.92 Å². The summed E-state index contributed by atoms with van der Waals surface area (Å²) < 4.78 is 1.46. The second kappa shape index (κ2) is 5.93. The van der Waals surface area contributed by atoms with E-state index in [-0.39, 0.29) is 17.9 Å². The fourth-order valence-corrected chi connectivity index (χ4v) is 5.43. The molecule has 0 saturated heterocycles. The fourth-order valence-electron chi connectivity index (χ4n) is 3.30. The molecule has 3 heterocycles. The molecular weight excluding hydrogens is 340 g/mol. The summed E-state index contributed by atoms with van der Waals surface area (Å²) in [7, 11) is 0. The molecule has 1 atom stereocenters. The van der Waals surface area contributed by atoms with Gasteiger partial charge in [-0.05, 0) is 49.8 Å². The van der Waals surface area contributed by atoms with E-state index < -0.39 is 0 Å². The van der Waals surface area contributed by atoms with Crippen molar-refractivity contribution in [2.75, 3.05) is 0 Å². The average Bonchev–Trinajstić information content (AvgIpc) is 3.13. The van der Waals surface area contributed by atoms with E-state index in [0.29, 0.717) is 10.8 Å². The maximum Gasteiger partial charge on any atom is 0.262 e. The van der Waals surface area contributed by atoms with Crippen LogP contribution in [0.15, 0.2) is 23.3 Å². The highest BCUT2D eigenvalue weighted by molar-refractivity contribution is 7.18. The Kier molecular flexibility index (Phi) is 3.89. The Bertz CT molecular complexity index is 996. The van der Waals surface area contributed by atoms with Gasteiger partial charge >= 0.3 is 0 Å². The Hall–Kier alpha value is -1.79. The molecule has 0 saturated carbocycles. The molecule has 0 N–H and O–H groups in total. The number of nitrogens with zero attached hydrogens (tertiary/aromatic N) is 2. The standard InChI is InChI=1S/C18H18N2O2S2/c1-10-3-5-12-15(7-10)24-17-16(12)18(22)20(9-19-17)8-13(21)14-6-4-11(2)23-14/h4,6,9-10H,3,5,7-8H2,1-2H3/t10-/m0/s1. The van der Waals surface area contributed by atoms with E-state index in [1.807, 2.05) is 19.1 Å². The summed E-state index contributed by atoms with van der Waals surface area (Å²) in [5, 5.41) is 0.736. The minimum absolute atomic E-state index is 0.0333. The highest BCUT2D eigenvalue weighted by Gasteiger charge is 2.23. The number of fused-ring (bicyclic) bond motifs is 3. The summed E-state index contributed by atoms with van der Waals surface area (Å²) >= 11 is 3.10. The molecule has 6 heteroatoms. The molecule has 0 aliphatic heterocycles. The minimum Gasteiger partial charge on any atom is -0.291 e. The summed E-state index contributed by atoms with van der Waals surface area (Å²) in [6, 6.07) is 3.76. The Morgan fingerprint density at radius 1 is 1.38 bits per heavy atom. The van der Waals surface area contributed by atoms with E-state index in [1.54, 1.807) is 11.3 Å². The molecule has 0 spiro atoms. The average molecular weight is 358 g/mol. The molecule has 4 rings (SSSR count). The summed E-state index contributed by atoms with van der Waals surface area (Å²) in [6.07, 6.45) is 4.60. The zero-order valence-corrected chi connectivity index (χ0v) is 15.3. The molecule has 3 aromatic rings. The summed E-state index contributed by atoms with van der Waals surface area (Å²) in [6.45, 7) is 4.28. The van der Waals surface area contributed by atoms with E-state index in [2.05, 4.69) is 11.9 Å². The number of aryl methyl sites for hydroxylation is 2. The van der Waals surface area contributed by atoms with Crippen LogP contribution in [0.25, 0.3) is 10.2 Å². The number of hydrogen-bond acceptors (Lipinski definition) is 5. The van der Waals surface area contributed by atoms with Gasteiger partial charge in [0.2, 0.25) is 0 Å². The van der Waals surface area contributed by atoms with Crippen molar-refractivity contribution < 1.29 is 4.79 Å². The molecule has 0 aromatic carbocycles. The number of aromatic nitrogens is 2. The molecule has 0 fully saturated rings. The smallest absolute Gasteiger partial charge is 0.262 e. The van der Waals surface area contributed by atoms with E-state index in [4.69, 9.17) is 0 Å². The number of carbonyl (C=O) groups is 1. The minimum atomic E-state index is -0.0753. The van der Waals surface area contributed by atoms with E-state index in [9.17, 15) is 9.59 Å². The van der Waals surface area contributed by atoms with Crippen LogP contribution in [-0.2, 0) is 19.4 Å². The van der Waals surface area contributed by atoms with Crippen LogP contribution < -0.4 is 5.56 Å². The molecular formula is C18H18N2O2S2. The summed E-state index contributed by atoms with van der Waals surface area (Å²) in [4.78, 5) is 33.7. The van der Waals surface area contributed by atoms with Gasteiger partial charge in [0.25, 0.3) is 5.56 Å². The van der Waals surface area contributed by atoms with Gasteiger partial charge in [0.15, 0.2) is 5.78 Å². The van der Waals surface area contributed by atoms with Gasteiger partial charge < -0.3 is 0 Å². The first-order valence-corrected chi connectivity index (χ1v) is 9.75. The lowest BCUT2D eigenvalue weighted by molar-refractivity contribution is 0.0974. The lowest BCUT2D eigenvalue weighted by Gasteiger charge is -2.17. The number of hydrogen-bond donors (Lipinski definition) is 0. The molecule has 1 aliphatic rings. The van der Waals surface area contributed by atoms with Crippen molar-refractivity contribution in [3.05, 3.63) is 49.0 Å². The second-order valence-electron chi connectivity index (χ2n) is 6.54. The quantitative estimate of drug-likeness (QED) is 0.669. The van der Waals surface area contributed by atoms with Crippen LogP contribution in [0.1, 0.15) is 38.3 Å². The Labute approximate surface area is 147 Å². The monoisotopic (exact) mass is 358 g/mol. The first kappa shape index (κ1) is 15.7. The number of Topliss-reactive ketones (excluding diaryl/α,β-unsaturated/α-hetero) is 1. The van der Waals surface area contributed by atoms with Crippen molar-refractivity contribution >= 4 is 38.7 Å². The third-order valence-corrected chi connectivity index (χ3v) is 6.82. The maximum atomic E-state index is 12.9. The fraction of sp³-hybridized carbons (Fsp3) is 0.389. The molecule has 3 aromatic heterocycles. The lowest BCUT2D eigenvalue weighted by Crippen LogP contribution is -2.25. The van der Waals surface area contributed by atoms with Crippen molar-refractivity contribution in [3.8, 4) is 0 Å². The first-order valence-electron chi connectivity index (χ1n) is 8.12. The molecule has 0 radical (unpaired) electrons. The lowest BCUT2D eigenvalue weighted by atomic mass is 9.89. The topological polar surface area (TPSA) is 52.0 Å². The van der Waals surface area contributed by atoms with Gasteiger partial charge in [-0.3, -0.25) is 14.2 Å². The highest BCUT2D eigenvalue weighted by Crippen LogP contribution is 2.35. The second-order valence-corrected chi connectivity index (χ2v) is 8.91. The van der Waals surface area contributed by atoms with E-state index >= 15 is 0 Å². The maximum absolute atomic E-state index is 12.9. The van der Waals surface area contributed by atoms with Gasteiger partial charge in [0, 0.05) is 9.75 Å². The van der Waals surface area contributed by atoms with Crippen LogP contribution in [0.4, 0.5) is 0 Å². The van der Waals surface area contributed by atoms with Gasteiger partial charge in [-0.2, -0.15) is 0 Å². The molecule has 4 nitrogen and oxygen atoms in total. The van der Waals surface area contributed by atoms with Crippen molar-refractivity contribution in [2.45, 2.75) is 39.7 Å². The summed E-state index contributed by atoms with van der Waals surface area (Å²) in [5.74, 6) is 0.630. The van der Waals surface area contributed by atoms with Crippen LogP contribution >= 0.6 is 22.7 Å². The van der Waals surface area contributed by atoms with Crippen molar-refractivity contribution in [2.24, 2.45) is 5.92 Å². The van der Waals surface area contributed by atoms with E-state index in [1.165, 1.54) is 32.7 Å². The molecule has 1 aliphatic carbocycles. The number of carbonyl (C=O) groups excluding carboxylic acids is 1. The number of rotatable bonds is 3. The summed E-state index contributed by atoms with van der Waals surface area (Å²) in [5.41, 5.74) is 1.09. The normalized spacial score (nSPS) is 17.2. The highest BCUT2D eigenvalue weighted by atomic mass is 32.1. The Morgan fingerprint density at radius 2 is 2.21 bits per heavy atom. The predicted molar refractivity (Wildman–Crippen MR) is 98.5 cm³/mol. The molecule has 124 valence electrons. The SMILES string of the molecule is Cc1ccc(C(=O)Cn2cnc3sc4c(c3c2=O)CC[C@H](C)C4)s1. The predicted octanol–water partition coefficient (Wildman–Crippen LogP) is 3.84. The van der Waals surface area contributed by atoms with Gasteiger partial charge in [0.05, 0.1) is 23.1 Å². The van der Waals surface area contributed by atoms with Crippen molar-refractivity contribution in [1.29, 1.82) is 0 Å². The van der Waals surface area contributed by atoms with Gasteiger partial charge in [-0.25, -0.2) is 4.98 Å². The third-order valence-electron chi connectivity index (χ3n) is 4.61. The third kappa shape index (κ3) is 2.63. The first-order chi connectivity index (χ1) is 11.5. The molecule has 0 unspecified atom stereocenters. The van der Waals surface area contributed by atoms with Gasteiger partial charge in [0.1, 0.15) is 4.83 Å². The van der Waals surface area contributed by atoms with Crippen LogP contribution in [0.3, 0.4) is 0 Å². The van der Waals surface area contributed by atoms with Crippen molar-refractivity contribution in [1.82, 2.24) is 9.55 Å². The zero-order chi connectivity index (χ0) is 16.8. The van der Waals surface area contributed by atoms with Crippen LogP contribution in [-0.4, -0.2) is 15.3 Å². The van der Waals surface area contributed by atoms with Gasteiger partial charge in [-0.15, -0.1) is 22.7 Å². The van der Waals surface area contributed by atoms with Crippen LogP contribution in [0.2, 0.25) is 0 Å². The Balaban J connectivity index is 1.73. The van der Waals surface area contributed by atoms with Crippen molar-refractivity contribution in [3.63, 3.8) is 0 Å². The largest absolute Gasteiger partial charge is 0.291 e. The van der Waals surface area contributed by atoms with Crippen LogP contribution in [0.5, 0.6) is 0 Å². The van der Waals surface area contributed by atoms with E-state index in [0.717, 1.165) is 34.4 Å².